The third-order valence-corrected chi connectivity index (χ3v) is 5.62. The molecule has 2 aromatic carbocycles. The van der Waals surface area contributed by atoms with Gasteiger partial charge in [0.1, 0.15) is 5.82 Å². The largest absolute Gasteiger partial charge is 0.504 e. The van der Waals surface area contributed by atoms with Gasteiger partial charge < -0.3 is 15.5 Å². The molecule has 9 heteroatoms. The van der Waals surface area contributed by atoms with Crippen LogP contribution in [-0.2, 0) is 0 Å². The van der Waals surface area contributed by atoms with Gasteiger partial charge in [0.05, 0.1) is 11.6 Å². The number of rotatable bonds is 2. The fraction of sp³-hybridized carbons (Fsp3) is 0.273. The molecule has 31 heavy (non-hydrogen) atoms. The Labute approximate surface area is 175 Å². The average Bonchev–Trinajstić information content (AvgIpc) is 2.71. The molecule has 0 spiro atoms. The van der Waals surface area contributed by atoms with E-state index in [4.69, 9.17) is 0 Å². The highest BCUT2D eigenvalue weighted by Crippen LogP contribution is 2.54. The number of hydrogen-bond acceptors (Lipinski definition) is 5. The summed E-state index contributed by atoms with van der Waals surface area (Å²) in [7, 11) is 0. The molecule has 0 bridgehead atoms. The molecular formula is C22H19F4N3O2. The number of aliphatic hydroxyl groups is 1. The van der Waals surface area contributed by atoms with E-state index in [2.05, 4.69) is 15.3 Å². The fourth-order valence-electron chi connectivity index (χ4n) is 4.03. The quantitative estimate of drug-likeness (QED) is 0.494. The van der Waals surface area contributed by atoms with Crippen LogP contribution in [-0.4, -0.2) is 32.0 Å². The van der Waals surface area contributed by atoms with Crippen LogP contribution < -0.4 is 5.32 Å². The second-order valence-corrected chi connectivity index (χ2v) is 7.51. The molecule has 0 aliphatic heterocycles. The monoisotopic (exact) mass is 433 g/mol. The Balaban J connectivity index is 1.95. The standard InChI is InChI=1S/C22H19F4N3O2/c1-3-12-9-21(31,22(24,25)26)20(13-7-8-15(23)19(30)18(12)13)29-17-6-4-5-16-14(17)10-27-11(2)28-16/h3-8,10,20,29-31H,9H2,1-2H3/t20-,21?/m1/s1. The van der Waals surface area contributed by atoms with Gasteiger partial charge >= 0.3 is 6.18 Å². The molecule has 1 unspecified atom stereocenters. The van der Waals surface area contributed by atoms with Gasteiger partial charge in [0.25, 0.3) is 0 Å². The van der Waals surface area contributed by atoms with E-state index >= 15 is 0 Å². The first-order chi connectivity index (χ1) is 14.6. The van der Waals surface area contributed by atoms with Crippen molar-refractivity contribution in [1.82, 2.24) is 9.97 Å². The zero-order valence-electron chi connectivity index (χ0n) is 16.6. The molecule has 3 N–H and O–H groups in total. The van der Waals surface area contributed by atoms with Crippen LogP contribution in [0.3, 0.4) is 0 Å². The predicted molar refractivity (Wildman–Crippen MR) is 108 cm³/mol. The lowest BCUT2D eigenvalue weighted by molar-refractivity contribution is -0.265. The van der Waals surface area contributed by atoms with E-state index in [1.165, 1.54) is 19.2 Å². The maximum atomic E-state index is 14.2. The molecule has 5 nitrogen and oxygen atoms in total. The lowest BCUT2D eigenvalue weighted by Gasteiger charge is -2.44. The van der Waals surface area contributed by atoms with E-state index in [1.54, 1.807) is 25.1 Å². The van der Waals surface area contributed by atoms with Crippen molar-refractivity contribution in [3.8, 4) is 5.75 Å². The number of alkyl halides is 3. The van der Waals surface area contributed by atoms with Crippen LogP contribution in [0.4, 0.5) is 23.2 Å². The lowest BCUT2D eigenvalue weighted by Crippen LogP contribution is -2.54. The summed E-state index contributed by atoms with van der Waals surface area (Å²) in [5.74, 6) is -1.21. The number of anilines is 1. The van der Waals surface area contributed by atoms with Crippen molar-refractivity contribution in [2.75, 3.05) is 5.32 Å². The van der Waals surface area contributed by atoms with Crippen molar-refractivity contribution in [2.45, 2.75) is 38.1 Å². The van der Waals surface area contributed by atoms with Gasteiger partial charge in [-0.15, -0.1) is 0 Å². The summed E-state index contributed by atoms with van der Waals surface area (Å²) in [6, 6.07) is 5.17. The number of aromatic hydroxyl groups is 1. The summed E-state index contributed by atoms with van der Waals surface area (Å²) in [6.07, 6.45) is -3.05. The number of aryl methyl sites for hydroxylation is 1. The van der Waals surface area contributed by atoms with Gasteiger partial charge in [-0.2, -0.15) is 13.2 Å². The number of fused-ring (bicyclic) bond motifs is 2. The fourth-order valence-corrected chi connectivity index (χ4v) is 4.03. The molecule has 1 aliphatic rings. The summed E-state index contributed by atoms with van der Waals surface area (Å²) in [5, 5.41) is 24.4. The summed E-state index contributed by atoms with van der Waals surface area (Å²) in [6.45, 7) is 3.16. The molecule has 0 amide bonds. The molecule has 3 aromatic rings. The Morgan fingerprint density at radius 3 is 2.65 bits per heavy atom. The number of aromatic nitrogens is 2. The van der Waals surface area contributed by atoms with Crippen LogP contribution in [0, 0.1) is 12.7 Å². The molecule has 0 saturated heterocycles. The minimum Gasteiger partial charge on any atom is -0.504 e. The second kappa shape index (κ2) is 7.19. The van der Waals surface area contributed by atoms with Crippen molar-refractivity contribution in [1.29, 1.82) is 0 Å². The van der Waals surface area contributed by atoms with E-state index in [9.17, 15) is 27.8 Å². The molecule has 1 aliphatic carbocycles. The smallest absolute Gasteiger partial charge is 0.419 e. The third-order valence-electron chi connectivity index (χ3n) is 5.62. The van der Waals surface area contributed by atoms with Crippen molar-refractivity contribution < 1.29 is 27.8 Å². The van der Waals surface area contributed by atoms with Crippen molar-refractivity contribution in [3.63, 3.8) is 0 Å². The second-order valence-electron chi connectivity index (χ2n) is 7.51. The molecule has 1 aromatic heterocycles. The van der Waals surface area contributed by atoms with Crippen molar-refractivity contribution >= 4 is 22.2 Å². The topological polar surface area (TPSA) is 78.3 Å². The molecule has 0 fully saturated rings. The van der Waals surface area contributed by atoms with Gasteiger partial charge in [0, 0.05) is 29.3 Å². The molecule has 4 rings (SSSR count). The van der Waals surface area contributed by atoms with Gasteiger partial charge in [-0.3, -0.25) is 0 Å². The summed E-state index contributed by atoms with van der Waals surface area (Å²) >= 11 is 0. The summed E-state index contributed by atoms with van der Waals surface area (Å²) in [4.78, 5) is 8.38. The van der Waals surface area contributed by atoms with E-state index in [-0.39, 0.29) is 22.4 Å². The highest BCUT2D eigenvalue weighted by atomic mass is 19.4. The van der Waals surface area contributed by atoms with E-state index < -0.39 is 35.8 Å². The van der Waals surface area contributed by atoms with E-state index in [1.807, 2.05) is 0 Å². The minimum atomic E-state index is -5.02. The first-order valence-corrected chi connectivity index (χ1v) is 9.51. The van der Waals surface area contributed by atoms with Gasteiger partial charge in [-0.05, 0) is 43.2 Å². The number of nitrogens with one attached hydrogen (secondary N) is 1. The number of phenols is 1. The molecule has 162 valence electrons. The number of halogens is 4. The zero-order valence-corrected chi connectivity index (χ0v) is 16.6. The molecule has 2 atom stereocenters. The first kappa shape index (κ1) is 21.0. The number of phenolic OH excluding ortho intramolecular Hbond substituents is 1. The molecule has 0 saturated carbocycles. The predicted octanol–water partition coefficient (Wildman–Crippen LogP) is 5.04. The third kappa shape index (κ3) is 3.29. The van der Waals surface area contributed by atoms with Crippen LogP contribution in [0.1, 0.15) is 36.3 Å². The highest BCUT2D eigenvalue weighted by molar-refractivity contribution is 5.91. The highest BCUT2D eigenvalue weighted by Gasteiger charge is 2.61. The Morgan fingerprint density at radius 1 is 1.23 bits per heavy atom. The van der Waals surface area contributed by atoms with E-state index in [0.29, 0.717) is 16.7 Å². The molecule has 1 heterocycles. The van der Waals surface area contributed by atoms with Gasteiger partial charge in [-0.1, -0.05) is 18.2 Å². The van der Waals surface area contributed by atoms with Gasteiger partial charge in [-0.25, -0.2) is 14.4 Å². The number of nitrogens with zero attached hydrogens (tertiary/aromatic N) is 2. The first-order valence-electron chi connectivity index (χ1n) is 9.51. The maximum absolute atomic E-state index is 14.2. The zero-order chi connectivity index (χ0) is 22.6. The Morgan fingerprint density at radius 2 is 1.97 bits per heavy atom. The molecule has 0 radical (unpaired) electrons. The molecular weight excluding hydrogens is 414 g/mol. The Hall–Kier alpha value is -3.20. The normalized spacial score (nSPS) is 22.5. The number of allylic oxidation sites excluding steroid dienone is 1. The number of hydrogen-bond donors (Lipinski definition) is 3. The SMILES string of the molecule is CC=C1CC(O)(C(F)(F)F)[C@H](Nc2cccc3nc(C)ncc23)c2ccc(F)c(O)c21. The van der Waals surface area contributed by atoms with Crippen LogP contribution >= 0.6 is 0 Å². The average molecular weight is 433 g/mol. The maximum Gasteiger partial charge on any atom is 0.419 e. The van der Waals surface area contributed by atoms with Crippen molar-refractivity contribution in [3.05, 3.63) is 65.4 Å². The number of benzene rings is 2. The van der Waals surface area contributed by atoms with Crippen LogP contribution in [0.15, 0.2) is 42.6 Å². The van der Waals surface area contributed by atoms with Crippen LogP contribution in [0.2, 0.25) is 0 Å². The summed E-state index contributed by atoms with van der Waals surface area (Å²) in [5.41, 5.74) is -2.55. The van der Waals surface area contributed by atoms with Gasteiger partial charge in [0.2, 0.25) is 0 Å². The van der Waals surface area contributed by atoms with Crippen molar-refractivity contribution in [2.24, 2.45) is 0 Å². The summed E-state index contributed by atoms with van der Waals surface area (Å²) < 4.78 is 56.5. The van der Waals surface area contributed by atoms with Crippen LogP contribution in [0.25, 0.3) is 16.5 Å². The van der Waals surface area contributed by atoms with Crippen LogP contribution in [0.5, 0.6) is 5.75 Å². The lowest BCUT2D eigenvalue weighted by atomic mass is 9.72. The van der Waals surface area contributed by atoms with E-state index in [0.717, 1.165) is 12.1 Å². The van der Waals surface area contributed by atoms with Gasteiger partial charge in [0.15, 0.2) is 17.2 Å². The Bertz CT molecular complexity index is 1210. The Kier molecular flexibility index (Phi) is 4.88. The minimum absolute atomic E-state index is 0.00162.